The number of alkyl halides is 1. The fraction of sp³-hybridized carbons (Fsp3) is 0.444. The molecule has 3 aromatic rings. The Morgan fingerprint density at radius 2 is 2.12 bits per heavy atom. The Morgan fingerprint density at radius 3 is 2.91 bits per heavy atom. The molecule has 6 heteroatoms. The Labute approximate surface area is 195 Å². The highest BCUT2D eigenvalue weighted by atomic mass is 19.1. The number of para-hydroxylation sites is 1. The standard InChI is InChI=1S/C27H33FN4O/c1-3-19(2)32-16-12-23-22-7-4-5-8-24(22)30-26(23)27(32)20-9-10-25(29-17-20)33-21-11-15-31(18-21)14-6-13-28/h4-5,7-10,17,21,27,30H,2-3,6,11-16,18H2,1H3/t21-,27+/m0/s1. The average Bonchev–Trinajstić information content (AvgIpc) is 3.46. The summed E-state index contributed by atoms with van der Waals surface area (Å²) in [5, 5.41) is 1.31. The largest absolute Gasteiger partial charge is 0.473 e. The molecular weight excluding hydrogens is 415 g/mol. The molecule has 1 fully saturated rings. The van der Waals surface area contributed by atoms with Gasteiger partial charge in [0, 0.05) is 60.7 Å². The molecule has 2 aliphatic heterocycles. The van der Waals surface area contributed by atoms with Crippen molar-refractivity contribution in [3.8, 4) is 5.88 Å². The quantitative estimate of drug-likeness (QED) is 0.511. The van der Waals surface area contributed by atoms with E-state index in [1.165, 1.54) is 22.2 Å². The number of H-pyrrole nitrogens is 1. The number of hydrogen-bond donors (Lipinski definition) is 1. The van der Waals surface area contributed by atoms with Gasteiger partial charge in [0.05, 0.1) is 12.7 Å². The predicted molar refractivity (Wildman–Crippen MR) is 130 cm³/mol. The molecule has 0 saturated carbocycles. The normalized spacial score (nSPS) is 20.8. The number of halogens is 1. The van der Waals surface area contributed by atoms with Gasteiger partial charge in [0.25, 0.3) is 0 Å². The van der Waals surface area contributed by atoms with Gasteiger partial charge in [-0.15, -0.1) is 0 Å². The first kappa shape index (κ1) is 22.0. The third-order valence-electron chi connectivity index (χ3n) is 7.05. The Hall–Kier alpha value is -2.86. The molecular formula is C27H33FN4O. The second-order valence-corrected chi connectivity index (χ2v) is 9.13. The van der Waals surface area contributed by atoms with Crippen molar-refractivity contribution in [3.63, 3.8) is 0 Å². The van der Waals surface area contributed by atoms with Crippen molar-refractivity contribution in [3.05, 3.63) is 71.7 Å². The molecule has 0 radical (unpaired) electrons. The lowest BCUT2D eigenvalue weighted by molar-refractivity contribution is 0.191. The van der Waals surface area contributed by atoms with Gasteiger partial charge in [-0.2, -0.15) is 0 Å². The number of hydrogen-bond acceptors (Lipinski definition) is 4. The molecule has 1 saturated heterocycles. The van der Waals surface area contributed by atoms with Gasteiger partial charge in [0.1, 0.15) is 6.10 Å². The summed E-state index contributed by atoms with van der Waals surface area (Å²) in [6.07, 6.45) is 5.55. The lowest BCUT2D eigenvalue weighted by Gasteiger charge is -2.38. The summed E-state index contributed by atoms with van der Waals surface area (Å²) in [6, 6.07) is 12.7. The van der Waals surface area contributed by atoms with Crippen LogP contribution in [0.5, 0.6) is 5.88 Å². The van der Waals surface area contributed by atoms with E-state index in [2.05, 4.69) is 63.6 Å². The van der Waals surface area contributed by atoms with E-state index >= 15 is 0 Å². The molecule has 5 nitrogen and oxygen atoms in total. The molecule has 2 aromatic heterocycles. The lowest BCUT2D eigenvalue weighted by atomic mass is 9.92. The van der Waals surface area contributed by atoms with Crippen LogP contribution in [-0.4, -0.2) is 58.7 Å². The minimum atomic E-state index is -0.258. The summed E-state index contributed by atoms with van der Waals surface area (Å²) in [5.74, 6) is 0.657. The van der Waals surface area contributed by atoms with Crippen molar-refractivity contribution in [2.45, 2.75) is 44.8 Å². The highest BCUT2D eigenvalue weighted by molar-refractivity contribution is 5.85. The van der Waals surface area contributed by atoms with Gasteiger partial charge in [-0.1, -0.05) is 31.7 Å². The van der Waals surface area contributed by atoms with Gasteiger partial charge in [-0.25, -0.2) is 4.98 Å². The van der Waals surface area contributed by atoms with Crippen LogP contribution < -0.4 is 4.74 Å². The molecule has 0 aliphatic carbocycles. The number of likely N-dealkylation sites (tertiary alicyclic amines) is 1. The van der Waals surface area contributed by atoms with Crippen LogP contribution in [0.25, 0.3) is 10.9 Å². The summed E-state index contributed by atoms with van der Waals surface area (Å²) < 4.78 is 18.6. The van der Waals surface area contributed by atoms with Gasteiger partial charge >= 0.3 is 0 Å². The van der Waals surface area contributed by atoms with Gasteiger partial charge in [-0.05, 0) is 48.9 Å². The van der Waals surface area contributed by atoms with E-state index in [4.69, 9.17) is 4.74 Å². The number of aromatic amines is 1. The Balaban J connectivity index is 1.38. The van der Waals surface area contributed by atoms with Crippen LogP contribution in [0, 0.1) is 0 Å². The summed E-state index contributed by atoms with van der Waals surface area (Å²) in [4.78, 5) is 13.1. The molecule has 4 heterocycles. The molecule has 2 aliphatic rings. The summed E-state index contributed by atoms with van der Waals surface area (Å²) in [5.41, 5.74) is 6.11. The van der Waals surface area contributed by atoms with E-state index in [0.717, 1.165) is 56.7 Å². The number of benzene rings is 1. The van der Waals surface area contributed by atoms with Crippen LogP contribution in [0.4, 0.5) is 4.39 Å². The number of aromatic nitrogens is 2. The molecule has 33 heavy (non-hydrogen) atoms. The number of nitrogens with zero attached hydrogens (tertiary/aromatic N) is 3. The van der Waals surface area contributed by atoms with Gasteiger partial charge in [0.15, 0.2) is 0 Å². The van der Waals surface area contributed by atoms with Crippen molar-refractivity contribution >= 4 is 10.9 Å². The molecule has 0 unspecified atom stereocenters. The maximum atomic E-state index is 12.5. The van der Waals surface area contributed by atoms with Crippen LogP contribution >= 0.6 is 0 Å². The molecule has 5 rings (SSSR count). The summed E-state index contributed by atoms with van der Waals surface area (Å²) >= 11 is 0. The van der Waals surface area contributed by atoms with Gasteiger partial charge in [0.2, 0.25) is 5.88 Å². The third kappa shape index (κ3) is 4.36. The molecule has 2 atom stereocenters. The molecule has 174 valence electrons. The van der Waals surface area contributed by atoms with E-state index in [9.17, 15) is 4.39 Å². The van der Waals surface area contributed by atoms with Crippen LogP contribution in [0.3, 0.4) is 0 Å². The third-order valence-corrected chi connectivity index (χ3v) is 7.05. The minimum absolute atomic E-state index is 0.0674. The second-order valence-electron chi connectivity index (χ2n) is 9.13. The van der Waals surface area contributed by atoms with E-state index in [-0.39, 0.29) is 18.8 Å². The van der Waals surface area contributed by atoms with E-state index in [0.29, 0.717) is 12.3 Å². The lowest BCUT2D eigenvalue weighted by Crippen LogP contribution is -2.35. The number of fused-ring (bicyclic) bond motifs is 3. The van der Waals surface area contributed by atoms with Crippen LogP contribution in [0.15, 0.2) is 54.9 Å². The van der Waals surface area contributed by atoms with Crippen molar-refractivity contribution in [1.29, 1.82) is 0 Å². The minimum Gasteiger partial charge on any atom is -0.473 e. The maximum absolute atomic E-state index is 12.5. The SMILES string of the molecule is C=C(CC)N1CCc2c([nH]c3ccccc23)[C@H]1c1ccc(O[C@H]2CCN(CCCF)C2)nc1. The van der Waals surface area contributed by atoms with Crippen molar-refractivity contribution in [2.24, 2.45) is 0 Å². The average molecular weight is 449 g/mol. The zero-order valence-electron chi connectivity index (χ0n) is 19.4. The zero-order chi connectivity index (χ0) is 22.8. The fourth-order valence-corrected chi connectivity index (χ4v) is 5.30. The maximum Gasteiger partial charge on any atom is 0.213 e. The van der Waals surface area contributed by atoms with Crippen molar-refractivity contribution in [2.75, 3.05) is 32.9 Å². The van der Waals surface area contributed by atoms with Gasteiger partial charge < -0.3 is 14.6 Å². The molecule has 0 spiro atoms. The molecule has 0 bridgehead atoms. The van der Waals surface area contributed by atoms with E-state index < -0.39 is 0 Å². The van der Waals surface area contributed by atoms with Crippen molar-refractivity contribution in [1.82, 2.24) is 19.8 Å². The van der Waals surface area contributed by atoms with Crippen LogP contribution in [0.1, 0.15) is 49.0 Å². The first-order valence-electron chi connectivity index (χ1n) is 12.1. The number of allylic oxidation sites excluding steroid dienone is 1. The highest BCUT2D eigenvalue weighted by Gasteiger charge is 2.32. The van der Waals surface area contributed by atoms with Crippen LogP contribution in [-0.2, 0) is 6.42 Å². The second kappa shape index (κ2) is 9.56. The molecule has 0 amide bonds. The van der Waals surface area contributed by atoms with E-state index in [1.807, 2.05) is 12.3 Å². The zero-order valence-corrected chi connectivity index (χ0v) is 19.4. The Kier molecular flexibility index (Phi) is 6.36. The summed E-state index contributed by atoms with van der Waals surface area (Å²) in [6.45, 7) is 9.80. The number of ether oxygens (including phenoxy) is 1. The van der Waals surface area contributed by atoms with Gasteiger partial charge in [-0.3, -0.25) is 9.29 Å². The Bertz CT molecular complexity index is 1110. The first-order chi connectivity index (χ1) is 16.2. The number of rotatable bonds is 8. The topological polar surface area (TPSA) is 44.4 Å². The summed E-state index contributed by atoms with van der Waals surface area (Å²) in [7, 11) is 0. The number of nitrogens with one attached hydrogen (secondary N) is 1. The highest BCUT2D eigenvalue weighted by Crippen LogP contribution is 2.40. The molecule has 1 aromatic carbocycles. The predicted octanol–water partition coefficient (Wildman–Crippen LogP) is 5.25. The smallest absolute Gasteiger partial charge is 0.213 e. The monoisotopic (exact) mass is 448 g/mol. The van der Waals surface area contributed by atoms with E-state index in [1.54, 1.807) is 0 Å². The van der Waals surface area contributed by atoms with Crippen molar-refractivity contribution < 1.29 is 9.13 Å². The van der Waals surface area contributed by atoms with Crippen LogP contribution in [0.2, 0.25) is 0 Å². The Morgan fingerprint density at radius 1 is 1.24 bits per heavy atom. The number of pyridine rings is 1. The molecule has 1 N–H and O–H groups in total. The first-order valence-corrected chi connectivity index (χ1v) is 12.1. The fourth-order valence-electron chi connectivity index (χ4n) is 5.30.